The summed E-state index contributed by atoms with van der Waals surface area (Å²) in [5, 5.41) is 5.70. The van der Waals surface area contributed by atoms with Gasteiger partial charge in [-0.3, -0.25) is 19.4 Å². The van der Waals surface area contributed by atoms with Crippen LogP contribution in [-0.2, 0) is 14.3 Å². The maximum atomic E-state index is 13.9. The first-order valence-corrected chi connectivity index (χ1v) is 14.0. The minimum atomic E-state index is -0.698. The molecule has 6 rings (SSSR count). The van der Waals surface area contributed by atoms with Crippen LogP contribution in [0.2, 0.25) is 0 Å². The van der Waals surface area contributed by atoms with Crippen molar-refractivity contribution in [2.45, 2.75) is 55.7 Å². The van der Waals surface area contributed by atoms with E-state index in [-0.39, 0.29) is 90.6 Å². The molecular weight excluding hydrogens is 628 g/mol. The van der Waals surface area contributed by atoms with Gasteiger partial charge in [-0.1, -0.05) is 43.2 Å². The van der Waals surface area contributed by atoms with Gasteiger partial charge in [0, 0.05) is 24.1 Å². The number of Topliss-reactive ketones (excluding diaryl/α,β-unsaturated/α-hetero) is 1. The van der Waals surface area contributed by atoms with E-state index in [0.29, 0.717) is 5.56 Å². The van der Waals surface area contributed by atoms with Crippen LogP contribution in [0.15, 0.2) is 34.7 Å². The molecule has 40 heavy (non-hydrogen) atoms. The maximum Gasteiger partial charge on any atom is 0.251 e. The van der Waals surface area contributed by atoms with E-state index in [4.69, 9.17) is 16.3 Å². The number of amides is 2. The number of ketones is 1. The number of carbonyl (C=O) groups excluding carboxylic acids is 3. The zero-order chi connectivity index (χ0) is 24.8. The number of hydrogen-bond donors (Lipinski definition) is 1. The number of carbonyl (C=O) groups is 3. The molecule has 0 spiro atoms. The number of rotatable bonds is 5. The van der Waals surface area contributed by atoms with Crippen molar-refractivity contribution in [2.75, 3.05) is 26.2 Å². The van der Waals surface area contributed by atoms with Crippen LogP contribution in [-0.4, -0.2) is 82.4 Å². The van der Waals surface area contributed by atoms with Crippen LogP contribution < -0.4 is 5.32 Å². The van der Waals surface area contributed by atoms with Crippen LogP contribution in [0.5, 0.6) is 0 Å². The third kappa shape index (κ3) is 6.65. The summed E-state index contributed by atoms with van der Waals surface area (Å²) in [7, 11) is 0. The van der Waals surface area contributed by atoms with Crippen molar-refractivity contribution in [1.29, 1.82) is 0 Å². The van der Waals surface area contributed by atoms with Crippen LogP contribution in [0.1, 0.15) is 48.0 Å². The molecule has 3 fully saturated rings. The first-order chi connectivity index (χ1) is 17.5. The highest BCUT2D eigenvalue weighted by atomic mass is 35.5. The van der Waals surface area contributed by atoms with E-state index in [1.165, 1.54) is 0 Å². The summed E-state index contributed by atoms with van der Waals surface area (Å²) in [5.74, 6) is -0.600. The summed E-state index contributed by atoms with van der Waals surface area (Å²) in [4.78, 5) is 48.1. The maximum absolute atomic E-state index is 13.9. The molecule has 4 atom stereocenters. The minimum absolute atomic E-state index is 0. The summed E-state index contributed by atoms with van der Waals surface area (Å²) >= 11 is 8.05. The third-order valence-corrected chi connectivity index (χ3v) is 9.16. The van der Waals surface area contributed by atoms with Gasteiger partial charge in [-0.05, 0) is 36.5 Å². The molecular formula is C26H37ClN4O4S5. The Bertz CT molecular complexity index is 1170. The highest BCUT2D eigenvalue weighted by Crippen LogP contribution is 2.36. The topological polar surface area (TPSA) is 91.3 Å². The van der Waals surface area contributed by atoms with Crippen molar-refractivity contribution in [3.63, 3.8) is 0 Å². The van der Waals surface area contributed by atoms with Gasteiger partial charge in [-0.25, -0.2) is 0 Å². The molecule has 8 nitrogen and oxygen atoms in total. The highest BCUT2D eigenvalue weighted by molar-refractivity contribution is 8.16. The number of nitrogens with zero attached hydrogens (tertiary/aromatic N) is 3. The van der Waals surface area contributed by atoms with Gasteiger partial charge in [0.2, 0.25) is 5.91 Å². The van der Waals surface area contributed by atoms with Crippen molar-refractivity contribution >= 4 is 106 Å². The predicted octanol–water partition coefficient (Wildman–Crippen LogP) is 3.32. The number of amidine groups is 1. The number of benzene rings is 1. The Morgan fingerprint density at radius 3 is 2.62 bits per heavy atom. The normalized spacial score (nSPS) is 25.7. The van der Waals surface area contributed by atoms with E-state index in [1.807, 2.05) is 18.2 Å². The number of nitrogens with one attached hydrogen (secondary N) is 1. The number of fused-ring (bicyclic) bond motifs is 2. The molecule has 0 radical (unpaired) electrons. The Morgan fingerprint density at radius 2 is 1.88 bits per heavy atom. The van der Waals surface area contributed by atoms with Crippen molar-refractivity contribution in [3.05, 3.63) is 40.8 Å². The van der Waals surface area contributed by atoms with Gasteiger partial charge in [0.25, 0.3) is 5.91 Å². The summed E-state index contributed by atoms with van der Waals surface area (Å²) in [6.45, 7) is 1.85. The fourth-order valence-electron chi connectivity index (χ4n) is 6.04. The molecule has 0 unspecified atom stereocenters. The van der Waals surface area contributed by atoms with Gasteiger partial charge in [0.05, 0.1) is 17.6 Å². The molecule has 14 heteroatoms. The fourth-order valence-corrected chi connectivity index (χ4v) is 7.36. The Morgan fingerprint density at radius 1 is 1.12 bits per heavy atom. The van der Waals surface area contributed by atoms with Crippen LogP contribution in [0, 0.1) is 5.92 Å². The Hall–Kier alpha value is -0.960. The number of hydrogen-bond acceptors (Lipinski definition) is 7. The average Bonchev–Trinajstić information content (AvgIpc) is 3.67. The Labute approximate surface area is 272 Å². The van der Waals surface area contributed by atoms with Crippen LogP contribution >= 0.6 is 77.3 Å². The minimum Gasteiger partial charge on any atom is -0.366 e. The summed E-state index contributed by atoms with van der Waals surface area (Å²) < 4.78 is 5.57. The van der Waals surface area contributed by atoms with E-state index < -0.39 is 23.6 Å². The number of halogens is 1. The number of thioether (sulfide) groups is 1. The van der Waals surface area contributed by atoms with Gasteiger partial charge >= 0.3 is 0 Å². The SMILES string of the molecule is O=C(N[C@H](C(=O)N1C[C@H](Cl)[C@H]2OCC(=O)[C@H]21)C1CCCCC1)c1cccc(C2=CSC3=NCCN23)c1.S.S.S.S. The second-order valence-corrected chi connectivity index (χ2v) is 11.5. The standard InChI is InChI=1S/C26H29ClN4O4S.4H2S/c27-18-12-31(22-20(32)13-35-23(18)22)25(34)21(15-5-2-1-3-6-15)29-24(33)17-8-4-7-16(11-17)19-14-36-26-28-9-10-30(19)26;;;;/h4,7-8,11,14-15,18,21-23H,1-3,5-6,9-10,12-13H2,(H,29,33);4*1H2/t18-,21-,22+,23+;;;;/m0..../s1. The van der Waals surface area contributed by atoms with Gasteiger partial charge < -0.3 is 19.9 Å². The molecule has 5 aliphatic rings. The molecule has 1 aliphatic carbocycles. The molecule has 4 aliphatic heterocycles. The molecule has 1 aromatic rings. The quantitative estimate of drug-likeness (QED) is 0.486. The van der Waals surface area contributed by atoms with E-state index >= 15 is 0 Å². The second-order valence-electron chi connectivity index (χ2n) is 10.1. The van der Waals surface area contributed by atoms with Gasteiger partial charge in [0.1, 0.15) is 24.8 Å². The van der Waals surface area contributed by atoms with Gasteiger partial charge in [-0.15, -0.1) is 11.6 Å². The number of ether oxygens (including phenoxy) is 1. The molecule has 0 aromatic heterocycles. The second kappa shape index (κ2) is 15.0. The fraction of sp³-hybridized carbons (Fsp3) is 0.538. The Kier molecular flexibility index (Phi) is 13.2. The van der Waals surface area contributed by atoms with Crippen molar-refractivity contribution in [2.24, 2.45) is 10.9 Å². The van der Waals surface area contributed by atoms with Gasteiger partial charge in [-0.2, -0.15) is 54.0 Å². The third-order valence-electron chi connectivity index (χ3n) is 7.87. The molecule has 1 aromatic carbocycles. The number of aliphatic imine (C=N–C) groups is 1. The number of likely N-dealkylation sites (tertiary alicyclic amines) is 1. The van der Waals surface area contributed by atoms with E-state index in [2.05, 4.69) is 20.6 Å². The monoisotopic (exact) mass is 664 g/mol. The molecule has 2 saturated heterocycles. The molecule has 4 heterocycles. The zero-order valence-electron chi connectivity index (χ0n) is 21.9. The largest absolute Gasteiger partial charge is 0.366 e. The van der Waals surface area contributed by atoms with E-state index in [1.54, 1.807) is 22.7 Å². The summed E-state index contributed by atoms with van der Waals surface area (Å²) in [5.41, 5.74) is 2.50. The number of alkyl halides is 1. The van der Waals surface area contributed by atoms with Gasteiger partial charge in [0.15, 0.2) is 11.0 Å². The zero-order valence-corrected chi connectivity index (χ0v) is 27.5. The van der Waals surface area contributed by atoms with E-state index in [0.717, 1.165) is 61.6 Å². The lowest BCUT2D eigenvalue weighted by Gasteiger charge is -2.34. The lowest BCUT2D eigenvalue weighted by atomic mass is 9.83. The van der Waals surface area contributed by atoms with Crippen LogP contribution in [0.25, 0.3) is 5.70 Å². The van der Waals surface area contributed by atoms with Crippen LogP contribution in [0.4, 0.5) is 0 Å². The van der Waals surface area contributed by atoms with Crippen molar-refractivity contribution in [1.82, 2.24) is 15.1 Å². The lowest BCUT2D eigenvalue weighted by molar-refractivity contribution is -0.139. The summed E-state index contributed by atoms with van der Waals surface area (Å²) in [6.07, 6.45) is 4.45. The lowest BCUT2D eigenvalue weighted by Crippen LogP contribution is -2.55. The average molecular weight is 665 g/mol. The predicted molar refractivity (Wildman–Crippen MR) is 180 cm³/mol. The van der Waals surface area contributed by atoms with E-state index in [9.17, 15) is 14.4 Å². The molecule has 1 saturated carbocycles. The smallest absolute Gasteiger partial charge is 0.251 e. The van der Waals surface area contributed by atoms with Crippen LogP contribution in [0.3, 0.4) is 0 Å². The first-order valence-electron chi connectivity index (χ1n) is 12.7. The highest BCUT2D eigenvalue weighted by Gasteiger charge is 2.53. The first kappa shape index (κ1) is 35.2. The van der Waals surface area contributed by atoms with Crippen molar-refractivity contribution in [3.8, 4) is 0 Å². The molecule has 222 valence electrons. The summed E-state index contributed by atoms with van der Waals surface area (Å²) in [6, 6.07) is 6.16. The Balaban J connectivity index is 0.00000140. The molecule has 0 bridgehead atoms. The molecule has 1 N–H and O–H groups in total. The van der Waals surface area contributed by atoms with Crippen molar-refractivity contribution < 1.29 is 19.1 Å². The molecule has 2 amide bonds.